The van der Waals surface area contributed by atoms with E-state index in [0.29, 0.717) is 19.6 Å². The van der Waals surface area contributed by atoms with Gasteiger partial charge in [0.15, 0.2) is 0 Å². The molecule has 0 amide bonds. The van der Waals surface area contributed by atoms with Gasteiger partial charge in [0.2, 0.25) is 0 Å². The third-order valence-electron chi connectivity index (χ3n) is 1.25. The van der Waals surface area contributed by atoms with Crippen LogP contribution in [0.2, 0.25) is 0 Å². The third kappa shape index (κ3) is 181. The maximum absolute atomic E-state index is 8.48. The summed E-state index contributed by atoms with van der Waals surface area (Å²) in [6.45, 7) is 15.5. The number of hydrogen-bond donors (Lipinski definition) is 7. The van der Waals surface area contributed by atoms with Crippen LogP contribution >= 0.6 is 0 Å². The van der Waals surface area contributed by atoms with Gasteiger partial charge in [-0.05, 0) is 55.4 Å². The van der Waals surface area contributed by atoms with Gasteiger partial charge in [-0.3, -0.25) is 4.90 Å². The Morgan fingerprint density at radius 2 is 0.571 bits per heavy atom. The van der Waals surface area contributed by atoms with Crippen molar-refractivity contribution in [2.24, 2.45) is 0 Å². The van der Waals surface area contributed by atoms with E-state index in [4.69, 9.17) is 35.7 Å². The van der Waals surface area contributed by atoms with Crippen molar-refractivity contribution in [2.45, 2.75) is 79.8 Å². The molecule has 0 aliphatic carbocycles. The molecule has 0 saturated carbocycles. The second-order valence-corrected chi connectivity index (χ2v) is 6.39. The van der Waals surface area contributed by atoms with Gasteiger partial charge in [-0.25, -0.2) is 0 Å². The molecule has 0 rings (SSSR count). The number of hydrogen-bond acceptors (Lipinski definition) is 8. The first-order valence-corrected chi connectivity index (χ1v) is 9.05. The molecule has 0 atom stereocenters. The fourth-order valence-electron chi connectivity index (χ4n) is 0.760. The molecular formula is C18H47NO7Ti2. The molecule has 0 aromatic carbocycles. The van der Waals surface area contributed by atoms with Crippen LogP contribution in [0.3, 0.4) is 0 Å². The summed E-state index contributed by atoms with van der Waals surface area (Å²) in [6.07, 6.45) is -0.667. The topological polar surface area (TPSA) is 145 Å². The molecule has 0 bridgehead atoms. The Kier molecular flexibility index (Phi) is 71.0. The van der Waals surface area contributed by atoms with E-state index in [9.17, 15) is 0 Å². The van der Waals surface area contributed by atoms with Gasteiger partial charge in [0.25, 0.3) is 0 Å². The summed E-state index contributed by atoms with van der Waals surface area (Å²) in [7, 11) is 0. The fraction of sp³-hybridized carbons (Fsp3) is 1.00. The van der Waals surface area contributed by atoms with Crippen molar-refractivity contribution in [3.8, 4) is 0 Å². The maximum atomic E-state index is 8.48. The van der Waals surface area contributed by atoms with E-state index in [2.05, 4.69) is 0 Å². The largest absolute Gasteiger partial charge is 0.395 e. The number of aliphatic hydroxyl groups excluding tert-OH is 7. The van der Waals surface area contributed by atoms with E-state index in [1.54, 1.807) is 60.3 Å². The molecule has 174 valence electrons. The molecule has 0 spiro atoms. The van der Waals surface area contributed by atoms with Crippen LogP contribution in [0.1, 0.15) is 55.4 Å². The summed E-state index contributed by atoms with van der Waals surface area (Å²) < 4.78 is 0. The van der Waals surface area contributed by atoms with Crippen LogP contribution in [-0.2, 0) is 43.4 Å². The van der Waals surface area contributed by atoms with Crippen molar-refractivity contribution in [1.29, 1.82) is 0 Å². The van der Waals surface area contributed by atoms with Gasteiger partial charge in [0.1, 0.15) is 0 Å². The van der Waals surface area contributed by atoms with Crippen molar-refractivity contribution >= 4 is 0 Å². The zero-order valence-corrected chi connectivity index (χ0v) is 22.3. The predicted octanol–water partition coefficient (Wildman–Crippen LogP) is -0.191. The Labute approximate surface area is 202 Å². The van der Waals surface area contributed by atoms with E-state index in [-0.39, 0.29) is 87.7 Å². The van der Waals surface area contributed by atoms with Crippen LogP contribution < -0.4 is 0 Å². The normalized spacial score (nSPS) is 9.00. The van der Waals surface area contributed by atoms with Gasteiger partial charge in [0, 0.05) is 87.5 Å². The van der Waals surface area contributed by atoms with Gasteiger partial charge in [-0.2, -0.15) is 0 Å². The van der Waals surface area contributed by atoms with Gasteiger partial charge < -0.3 is 35.7 Å². The first-order chi connectivity index (χ1) is 11.8. The maximum Gasteiger partial charge on any atom is 0.0558 e. The van der Waals surface area contributed by atoms with Gasteiger partial charge in [0.05, 0.1) is 19.8 Å². The molecule has 0 saturated heterocycles. The monoisotopic (exact) mass is 485 g/mol. The Hall–Kier alpha value is 1.11. The Morgan fingerprint density at radius 3 is 0.643 bits per heavy atom. The minimum absolute atomic E-state index is 0. The fourth-order valence-corrected chi connectivity index (χ4v) is 0.760. The smallest absolute Gasteiger partial charge is 0.0558 e. The molecule has 0 unspecified atom stereocenters. The molecule has 0 aromatic rings. The van der Waals surface area contributed by atoms with Crippen molar-refractivity contribution in [1.82, 2.24) is 4.90 Å². The minimum Gasteiger partial charge on any atom is -0.395 e. The predicted molar refractivity (Wildman–Crippen MR) is 107 cm³/mol. The van der Waals surface area contributed by atoms with Crippen LogP contribution in [0, 0.1) is 0 Å². The average molecular weight is 485 g/mol. The second kappa shape index (κ2) is 42.3. The summed E-state index contributed by atoms with van der Waals surface area (Å²) in [5.41, 5.74) is 0. The third-order valence-corrected chi connectivity index (χ3v) is 1.25. The molecule has 7 N–H and O–H groups in total. The molecule has 0 aliphatic rings. The number of aliphatic hydroxyl groups is 7. The zero-order chi connectivity index (χ0) is 22.1. The summed E-state index contributed by atoms with van der Waals surface area (Å²) in [5, 5.41) is 57.7. The van der Waals surface area contributed by atoms with Crippen LogP contribution in [0.5, 0.6) is 0 Å². The van der Waals surface area contributed by atoms with Crippen LogP contribution in [0.4, 0.5) is 0 Å². The molecule has 0 aliphatic heterocycles. The van der Waals surface area contributed by atoms with Gasteiger partial charge in [-0.15, -0.1) is 0 Å². The quantitative estimate of drug-likeness (QED) is 0.257. The Balaban J connectivity index is -0.0000000420. The van der Waals surface area contributed by atoms with E-state index in [0.717, 1.165) is 0 Å². The first kappa shape index (κ1) is 47.1. The molecule has 0 aromatic heterocycles. The van der Waals surface area contributed by atoms with Crippen molar-refractivity contribution < 1.29 is 79.2 Å². The van der Waals surface area contributed by atoms with Crippen molar-refractivity contribution in [2.75, 3.05) is 39.5 Å². The van der Waals surface area contributed by atoms with E-state index in [1.165, 1.54) is 0 Å². The number of nitrogens with zero attached hydrogens (tertiary/aromatic N) is 1. The average Bonchev–Trinajstić information content (AvgIpc) is 2.36. The van der Waals surface area contributed by atoms with Gasteiger partial charge in [-0.1, -0.05) is 0 Å². The van der Waals surface area contributed by atoms with E-state index in [1.807, 2.05) is 0 Å². The number of rotatable bonds is 6. The standard InChI is InChI=1S/C6H15NO3.4C3H8O.2Ti/c8-4-1-7(2-5-9)3-6-10;4*1-3(2)4;;/h8-10H,1-6H2;4*3-4H,1-2H3;;. The second-order valence-electron chi connectivity index (χ2n) is 6.39. The Bertz CT molecular complexity index is 165. The molecule has 0 radical (unpaired) electrons. The molecular weight excluding hydrogens is 438 g/mol. The van der Waals surface area contributed by atoms with Crippen LogP contribution in [-0.4, -0.2) is 105 Å². The minimum atomic E-state index is -0.167. The molecule has 0 heterocycles. The first-order valence-electron chi connectivity index (χ1n) is 9.05. The summed E-state index contributed by atoms with van der Waals surface area (Å²) in [4.78, 5) is 1.79. The Morgan fingerprint density at radius 1 is 0.464 bits per heavy atom. The van der Waals surface area contributed by atoms with E-state index >= 15 is 0 Å². The summed E-state index contributed by atoms with van der Waals surface area (Å²) in [5.74, 6) is 0. The van der Waals surface area contributed by atoms with Crippen LogP contribution in [0.15, 0.2) is 0 Å². The summed E-state index contributed by atoms with van der Waals surface area (Å²) >= 11 is 0. The SMILES string of the molecule is CC(C)O.CC(C)O.CC(C)O.CC(C)O.OCCN(CCO)CCO.[Ti].[Ti]. The van der Waals surface area contributed by atoms with Crippen molar-refractivity contribution in [3.05, 3.63) is 0 Å². The molecule has 28 heavy (non-hydrogen) atoms. The zero-order valence-electron chi connectivity index (χ0n) is 19.1. The van der Waals surface area contributed by atoms with Crippen LogP contribution in [0.25, 0.3) is 0 Å². The van der Waals surface area contributed by atoms with Crippen molar-refractivity contribution in [3.63, 3.8) is 0 Å². The molecule has 8 nitrogen and oxygen atoms in total. The molecule has 0 fully saturated rings. The molecule has 10 heteroatoms. The van der Waals surface area contributed by atoms with Gasteiger partial charge >= 0.3 is 0 Å². The van der Waals surface area contributed by atoms with E-state index < -0.39 is 0 Å². The summed E-state index contributed by atoms with van der Waals surface area (Å²) in [6, 6.07) is 0.